The highest BCUT2D eigenvalue weighted by Crippen LogP contribution is 2.17. The van der Waals surface area contributed by atoms with Gasteiger partial charge >= 0.3 is 0 Å². The van der Waals surface area contributed by atoms with E-state index in [1.54, 1.807) is 18.3 Å². The largest absolute Gasteiger partial charge is 0.348 e. The van der Waals surface area contributed by atoms with Crippen LogP contribution in [0, 0.1) is 0 Å². The molecule has 16 heavy (non-hydrogen) atoms. The van der Waals surface area contributed by atoms with Gasteiger partial charge in [0.05, 0.1) is 5.69 Å². The first kappa shape index (κ1) is 11.4. The molecule has 0 saturated carbocycles. The number of hydrogen-bond acceptors (Lipinski definition) is 4. The lowest BCUT2D eigenvalue weighted by molar-refractivity contribution is 0.0941. The molecule has 1 amide bonds. The van der Waals surface area contributed by atoms with Crippen LogP contribution in [0.5, 0.6) is 0 Å². The van der Waals surface area contributed by atoms with Gasteiger partial charge in [-0.2, -0.15) is 11.8 Å². The van der Waals surface area contributed by atoms with Crippen LogP contribution in [0.2, 0.25) is 0 Å². The van der Waals surface area contributed by atoms with Crippen molar-refractivity contribution < 1.29 is 4.79 Å². The number of carbonyl (C=O) groups is 1. The molecule has 1 aliphatic rings. The van der Waals surface area contributed by atoms with Gasteiger partial charge in [0, 0.05) is 30.1 Å². The number of nitrogens with two attached hydrogens (primary N) is 1. The molecule has 5 heteroatoms. The molecule has 3 N–H and O–H groups in total. The number of nitrogens with zero attached hydrogens (tertiary/aromatic N) is 1. The Labute approximate surface area is 99.0 Å². The molecule has 1 aromatic heterocycles. The standard InChI is InChI=1S/C11H15N3OS/c12-6-10-5-8(1-3-13-10)11(15)14-9-2-4-16-7-9/h1,3,5,9H,2,4,6-7,12H2,(H,14,15). The summed E-state index contributed by atoms with van der Waals surface area (Å²) in [7, 11) is 0. The maximum atomic E-state index is 11.9. The van der Waals surface area contributed by atoms with E-state index in [0.717, 1.165) is 23.6 Å². The van der Waals surface area contributed by atoms with Gasteiger partial charge in [-0.1, -0.05) is 0 Å². The molecular weight excluding hydrogens is 222 g/mol. The fourth-order valence-corrected chi connectivity index (χ4v) is 2.80. The summed E-state index contributed by atoms with van der Waals surface area (Å²) in [5.74, 6) is 2.13. The molecule has 0 radical (unpaired) electrons. The third-order valence-corrected chi connectivity index (χ3v) is 3.72. The van der Waals surface area contributed by atoms with Crippen LogP contribution in [0.1, 0.15) is 22.5 Å². The minimum absolute atomic E-state index is 0.0235. The molecule has 4 nitrogen and oxygen atoms in total. The Morgan fingerprint density at radius 1 is 1.69 bits per heavy atom. The van der Waals surface area contributed by atoms with Crippen molar-refractivity contribution in [1.82, 2.24) is 10.3 Å². The van der Waals surface area contributed by atoms with Gasteiger partial charge in [0.15, 0.2) is 0 Å². The smallest absolute Gasteiger partial charge is 0.251 e. The highest BCUT2D eigenvalue weighted by Gasteiger charge is 2.18. The quantitative estimate of drug-likeness (QED) is 0.815. The van der Waals surface area contributed by atoms with Crippen LogP contribution in [0.4, 0.5) is 0 Å². The van der Waals surface area contributed by atoms with E-state index < -0.39 is 0 Å². The fraction of sp³-hybridized carbons (Fsp3) is 0.455. The topological polar surface area (TPSA) is 68.0 Å². The van der Waals surface area contributed by atoms with E-state index in [-0.39, 0.29) is 5.91 Å². The number of pyridine rings is 1. The zero-order chi connectivity index (χ0) is 11.4. The number of amides is 1. The zero-order valence-electron chi connectivity index (χ0n) is 8.98. The van der Waals surface area contributed by atoms with Gasteiger partial charge in [0.2, 0.25) is 0 Å². The van der Waals surface area contributed by atoms with E-state index >= 15 is 0 Å². The van der Waals surface area contributed by atoms with Crippen molar-refractivity contribution in [2.45, 2.75) is 19.0 Å². The van der Waals surface area contributed by atoms with Crippen molar-refractivity contribution in [3.05, 3.63) is 29.6 Å². The molecule has 0 spiro atoms. The maximum absolute atomic E-state index is 11.9. The molecule has 2 rings (SSSR count). The van der Waals surface area contributed by atoms with E-state index in [9.17, 15) is 4.79 Å². The van der Waals surface area contributed by atoms with Crippen LogP contribution in [-0.2, 0) is 6.54 Å². The van der Waals surface area contributed by atoms with Crippen molar-refractivity contribution in [3.8, 4) is 0 Å². The van der Waals surface area contributed by atoms with Gasteiger partial charge in [-0.25, -0.2) is 0 Å². The van der Waals surface area contributed by atoms with Gasteiger partial charge in [-0.05, 0) is 24.3 Å². The van der Waals surface area contributed by atoms with E-state index in [0.29, 0.717) is 18.2 Å². The Morgan fingerprint density at radius 2 is 2.56 bits per heavy atom. The number of aromatic nitrogens is 1. The van der Waals surface area contributed by atoms with Crippen LogP contribution in [0.25, 0.3) is 0 Å². The van der Waals surface area contributed by atoms with Crippen LogP contribution in [0.3, 0.4) is 0 Å². The lowest BCUT2D eigenvalue weighted by atomic mass is 10.2. The minimum Gasteiger partial charge on any atom is -0.348 e. The van der Waals surface area contributed by atoms with Crippen LogP contribution >= 0.6 is 11.8 Å². The third-order valence-electron chi connectivity index (χ3n) is 2.55. The number of thioether (sulfide) groups is 1. The third kappa shape index (κ3) is 2.74. The normalized spacial score (nSPS) is 19.7. The first-order valence-corrected chi connectivity index (χ1v) is 6.48. The molecule has 0 bridgehead atoms. The molecule has 1 fully saturated rings. The van der Waals surface area contributed by atoms with E-state index in [2.05, 4.69) is 10.3 Å². The minimum atomic E-state index is -0.0235. The van der Waals surface area contributed by atoms with E-state index in [1.165, 1.54) is 0 Å². The Bertz CT molecular complexity index is 377. The van der Waals surface area contributed by atoms with Gasteiger partial charge < -0.3 is 11.1 Å². The number of hydrogen-bond donors (Lipinski definition) is 2. The van der Waals surface area contributed by atoms with Gasteiger partial charge in [-0.3, -0.25) is 9.78 Å². The molecule has 1 atom stereocenters. The SMILES string of the molecule is NCc1cc(C(=O)NC2CCSC2)ccn1. The van der Waals surface area contributed by atoms with Crippen molar-refractivity contribution >= 4 is 17.7 Å². The van der Waals surface area contributed by atoms with Crippen molar-refractivity contribution in [2.24, 2.45) is 5.73 Å². The summed E-state index contributed by atoms with van der Waals surface area (Å²) < 4.78 is 0. The molecule has 1 saturated heterocycles. The van der Waals surface area contributed by atoms with Gasteiger partial charge in [0.25, 0.3) is 5.91 Å². The predicted octanol–water partition coefficient (Wildman–Crippen LogP) is 0.776. The number of rotatable bonds is 3. The molecule has 86 valence electrons. The lowest BCUT2D eigenvalue weighted by Gasteiger charge is -2.11. The van der Waals surface area contributed by atoms with E-state index in [4.69, 9.17) is 5.73 Å². The molecule has 2 heterocycles. The summed E-state index contributed by atoms with van der Waals surface area (Å²) in [6.45, 7) is 0.362. The molecule has 0 aromatic carbocycles. The molecule has 1 aromatic rings. The maximum Gasteiger partial charge on any atom is 0.251 e. The second-order valence-corrected chi connectivity index (χ2v) is 4.92. The van der Waals surface area contributed by atoms with Crippen LogP contribution in [0.15, 0.2) is 18.3 Å². The first-order chi connectivity index (χ1) is 7.79. The second-order valence-electron chi connectivity index (χ2n) is 3.77. The summed E-state index contributed by atoms with van der Waals surface area (Å²) in [5.41, 5.74) is 6.87. The lowest BCUT2D eigenvalue weighted by Crippen LogP contribution is -2.34. The van der Waals surface area contributed by atoms with Gasteiger partial charge in [0.1, 0.15) is 0 Å². The average molecular weight is 237 g/mol. The summed E-state index contributed by atoms with van der Waals surface area (Å²) in [6, 6.07) is 3.78. The second kappa shape index (κ2) is 5.32. The highest BCUT2D eigenvalue weighted by molar-refractivity contribution is 7.99. The Balaban J connectivity index is 2.01. The molecule has 1 unspecified atom stereocenters. The summed E-state index contributed by atoms with van der Waals surface area (Å²) in [6.07, 6.45) is 2.69. The number of nitrogens with one attached hydrogen (secondary N) is 1. The van der Waals surface area contributed by atoms with Crippen molar-refractivity contribution in [2.75, 3.05) is 11.5 Å². The Hall–Kier alpha value is -1.07. The van der Waals surface area contributed by atoms with Crippen LogP contribution < -0.4 is 11.1 Å². The average Bonchev–Trinajstić information content (AvgIpc) is 2.82. The molecular formula is C11H15N3OS. The van der Waals surface area contributed by atoms with Crippen LogP contribution in [-0.4, -0.2) is 28.4 Å². The molecule has 1 aliphatic heterocycles. The summed E-state index contributed by atoms with van der Waals surface area (Å²) in [5, 5.41) is 3.02. The summed E-state index contributed by atoms with van der Waals surface area (Å²) >= 11 is 1.88. The Kier molecular flexibility index (Phi) is 3.79. The fourth-order valence-electron chi connectivity index (χ4n) is 1.65. The predicted molar refractivity (Wildman–Crippen MR) is 65.3 cm³/mol. The number of carbonyl (C=O) groups excluding carboxylic acids is 1. The summed E-state index contributed by atoms with van der Waals surface area (Å²) in [4.78, 5) is 15.9. The van der Waals surface area contributed by atoms with Crippen molar-refractivity contribution in [1.29, 1.82) is 0 Å². The first-order valence-electron chi connectivity index (χ1n) is 5.33. The van der Waals surface area contributed by atoms with Gasteiger partial charge in [-0.15, -0.1) is 0 Å². The highest BCUT2D eigenvalue weighted by atomic mass is 32.2. The monoisotopic (exact) mass is 237 g/mol. The van der Waals surface area contributed by atoms with E-state index in [1.807, 2.05) is 11.8 Å². The Morgan fingerprint density at radius 3 is 3.25 bits per heavy atom. The molecule has 0 aliphatic carbocycles. The van der Waals surface area contributed by atoms with Crippen molar-refractivity contribution in [3.63, 3.8) is 0 Å². The zero-order valence-corrected chi connectivity index (χ0v) is 9.80.